The van der Waals surface area contributed by atoms with Gasteiger partial charge >= 0.3 is 5.97 Å². The standard InChI is InChI=1S/C20H39N7O5S/c1-11(2)10-15(27-16(28)12(3)21)18(30)25-13(7-9-33-4)17(29)26-14(19(31)32)6-5-8-24-20(22)23/h11-15H,5-10,21H2,1-4H3,(H,25,30)(H,26,29)(H,27,28)(H,31,32)(H4,22,23,24)/t12-,13-,14-,15-/m0/s1. The number of nitrogens with two attached hydrogens (primary N) is 3. The molecule has 4 atom stereocenters. The zero-order valence-corrected chi connectivity index (χ0v) is 20.6. The number of aliphatic carboxylic acids is 1. The second kappa shape index (κ2) is 16.1. The lowest BCUT2D eigenvalue weighted by atomic mass is 10.0. The van der Waals surface area contributed by atoms with Crippen molar-refractivity contribution in [1.29, 1.82) is 0 Å². The molecule has 0 radical (unpaired) electrons. The van der Waals surface area contributed by atoms with Crippen molar-refractivity contribution in [2.45, 2.75) is 70.6 Å². The Morgan fingerprint density at radius 1 is 0.909 bits per heavy atom. The van der Waals surface area contributed by atoms with E-state index in [0.717, 1.165) is 0 Å². The van der Waals surface area contributed by atoms with Crippen LogP contribution in [0.3, 0.4) is 0 Å². The summed E-state index contributed by atoms with van der Waals surface area (Å²) in [4.78, 5) is 53.2. The molecule has 0 fully saturated rings. The Labute approximate surface area is 199 Å². The first kappa shape index (κ1) is 30.5. The monoisotopic (exact) mass is 489 g/mol. The third-order valence-corrected chi connectivity index (χ3v) is 5.20. The minimum absolute atomic E-state index is 0.0919. The molecule has 12 nitrogen and oxygen atoms in total. The molecule has 0 saturated carbocycles. The van der Waals surface area contributed by atoms with Gasteiger partial charge in [-0.25, -0.2) is 4.79 Å². The van der Waals surface area contributed by atoms with Crippen LogP contribution in [-0.4, -0.2) is 77.5 Å². The highest BCUT2D eigenvalue weighted by atomic mass is 32.2. The minimum Gasteiger partial charge on any atom is -0.480 e. The average Bonchev–Trinajstić information content (AvgIpc) is 2.71. The Morgan fingerprint density at radius 2 is 1.45 bits per heavy atom. The van der Waals surface area contributed by atoms with E-state index in [0.29, 0.717) is 18.6 Å². The molecular weight excluding hydrogens is 450 g/mol. The number of thioether (sulfide) groups is 1. The first-order chi connectivity index (χ1) is 15.4. The Bertz CT molecular complexity index is 684. The molecule has 0 saturated heterocycles. The first-order valence-corrected chi connectivity index (χ1v) is 12.2. The van der Waals surface area contributed by atoms with Gasteiger partial charge in [0, 0.05) is 6.54 Å². The highest BCUT2D eigenvalue weighted by Gasteiger charge is 2.30. The highest BCUT2D eigenvalue weighted by molar-refractivity contribution is 7.98. The van der Waals surface area contributed by atoms with Crippen molar-refractivity contribution in [3.63, 3.8) is 0 Å². The van der Waals surface area contributed by atoms with Gasteiger partial charge in [0.2, 0.25) is 17.7 Å². The maximum atomic E-state index is 12.9. The van der Waals surface area contributed by atoms with Crippen molar-refractivity contribution in [3.05, 3.63) is 0 Å². The largest absolute Gasteiger partial charge is 0.480 e. The summed E-state index contributed by atoms with van der Waals surface area (Å²) < 4.78 is 0. The SMILES string of the molecule is CSCC[C@H](NC(=O)[C@H](CC(C)C)NC(=O)[C@H](C)N)C(=O)N[C@@H](CCCN=C(N)N)C(=O)O. The molecule has 0 aromatic heterocycles. The molecule has 0 aromatic carbocycles. The van der Waals surface area contributed by atoms with Crippen molar-refractivity contribution < 1.29 is 24.3 Å². The predicted octanol–water partition coefficient (Wildman–Crippen LogP) is -1.27. The van der Waals surface area contributed by atoms with Gasteiger partial charge in [-0.05, 0) is 50.5 Å². The number of carbonyl (C=O) groups excluding carboxylic acids is 3. The van der Waals surface area contributed by atoms with E-state index in [1.807, 2.05) is 20.1 Å². The number of nitrogens with one attached hydrogen (secondary N) is 3. The van der Waals surface area contributed by atoms with E-state index >= 15 is 0 Å². The number of carbonyl (C=O) groups is 4. The van der Waals surface area contributed by atoms with Crippen LogP contribution in [0.15, 0.2) is 4.99 Å². The molecule has 0 aromatic rings. The second-order valence-electron chi connectivity index (χ2n) is 8.17. The van der Waals surface area contributed by atoms with Crippen LogP contribution in [0.1, 0.15) is 46.5 Å². The summed E-state index contributed by atoms with van der Waals surface area (Å²) in [5.41, 5.74) is 16.1. The maximum absolute atomic E-state index is 12.9. The van der Waals surface area contributed by atoms with Crippen molar-refractivity contribution >= 4 is 41.4 Å². The Kier molecular flexibility index (Phi) is 14.9. The number of carboxylic acids is 1. The summed E-state index contributed by atoms with van der Waals surface area (Å²) in [6, 6.07) is -3.79. The smallest absolute Gasteiger partial charge is 0.326 e. The van der Waals surface area contributed by atoms with E-state index in [4.69, 9.17) is 17.2 Å². The first-order valence-electron chi connectivity index (χ1n) is 10.8. The van der Waals surface area contributed by atoms with Crippen molar-refractivity contribution in [1.82, 2.24) is 16.0 Å². The number of hydrogen-bond acceptors (Lipinski definition) is 7. The molecule has 13 heteroatoms. The molecule has 0 unspecified atom stereocenters. The van der Waals surface area contributed by atoms with Crippen molar-refractivity contribution in [2.24, 2.45) is 28.1 Å². The fourth-order valence-electron chi connectivity index (χ4n) is 2.82. The van der Waals surface area contributed by atoms with E-state index in [1.54, 1.807) is 0 Å². The van der Waals surface area contributed by atoms with Gasteiger partial charge in [0.1, 0.15) is 18.1 Å². The quantitative estimate of drug-likeness (QED) is 0.0779. The van der Waals surface area contributed by atoms with Gasteiger partial charge in [-0.1, -0.05) is 13.8 Å². The molecule has 3 amide bonds. The molecule has 10 N–H and O–H groups in total. The molecule has 0 aliphatic carbocycles. The molecule has 0 spiro atoms. The number of hydrogen-bond donors (Lipinski definition) is 7. The normalized spacial score (nSPS) is 14.5. The fraction of sp³-hybridized carbons (Fsp3) is 0.750. The summed E-state index contributed by atoms with van der Waals surface area (Å²) in [5.74, 6) is -2.28. The van der Waals surface area contributed by atoms with Crippen molar-refractivity contribution in [2.75, 3.05) is 18.6 Å². The fourth-order valence-corrected chi connectivity index (χ4v) is 3.29. The molecule has 0 aliphatic heterocycles. The number of nitrogens with zero attached hydrogens (tertiary/aromatic N) is 1. The molecule has 0 rings (SSSR count). The zero-order chi connectivity index (χ0) is 25.6. The zero-order valence-electron chi connectivity index (χ0n) is 19.8. The lowest BCUT2D eigenvalue weighted by molar-refractivity contribution is -0.142. The van der Waals surface area contributed by atoms with Gasteiger partial charge in [0.15, 0.2) is 5.96 Å². The predicted molar refractivity (Wildman–Crippen MR) is 129 cm³/mol. The van der Waals surface area contributed by atoms with Crippen molar-refractivity contribution in [3.8, 4) is 0 Å². The lowest BCUT2D eigenvalue weighted by Gasteiger charge is -2.25. The summed E-state index contributed by atoms with van der Waals surface area (Å²) in [6.45, 7) is 5.53. The molecule has 190 valence electrons. The number of aliphatic imine (C=N–C) groups is 1. The Morgan fingerprint density at radius 3 is 1.94 bits per heavy atom. The Hall–Kier alpha value is -2.54. The third-order valence-electron chi connectivity index (χ3n) is 4.56. The van der Waals surface area contributed by atoms with Crippen LogP contribution in [0, 0.1) is 5.92 Å². The van der Waals surface area contributed by atoms with Crippen LogP contribution in [-0.2, 0) is 19.2 Å². The molecule has 0 aliphatic rings. The van der Waals surface area contributed by atoms with E-state index in [9.17, 15) is 24.3 Å². The van der Waals surface area contributed by atoms with E-state index < -0.39 is 47.9 Å². The average molecular weight is 490 g/mol. The minimum atomic E-state index is -1.20. The van der Waals surface area contributed by atoms with Gasteiger partial charge in [0.05, 0.1) is 6.04 Å². The Balaban J connectivity index is 5.33. The number of amides is 3. The molecule has 0 bridgehead atoms. The van der Waals surface area contributed by atoms with E-state index in [-0.39, 0.29) is 31.3 Å². The molecule has 33 heavy (non-hydrogen) atoms. The van der Waals surface area contributed by atoms with Crippen LogP contribution >= 0.6 is 11.8 Å². The topological polar surface area (TPSA) is 215 Å². The van der Waals surface area contributed by atoms with E-state index in [1.165, 1.54) is 18.7 Å². The second-order valence-corrected chi connectivity index (χ2v) is 9.16. The maximum Gasteiger partial charge on any atom is 0.326 e. The van der Waals surface area contributed by atoms with Crippen LogP contribution in [0.5, 0.6) is 0 Å². The third kappa shape index (κ3) is 13.6. The lowest BCUT2D eigenvalue weighted by Crippen LogP contribution is -2.57. The summed E-state index contributed by atoms with van der Waals surface area (Å²) in [7, 11) is 0. The summed E-state index contributed by atoms with van der Waals surface area (Å²) in [6.07, 6.45) is 2.95. The van der Waals surface area contributed by atoms with Crippen LogP contribution in [0.2, 0.25) is 0 Å². The number of carboxylic acid groups (broad SMARTS) is 1. The summed E-state index contributed by atoms with van der Waals surface area (Å²) >= 11 is 1.48. The summed E-state index contributed by atoms with van der Waals surface area (Å²) in [5, 5.41) is 17.2. The van der Waals surface area contributed by atoms with Gasteiger partial charge < -0.3 is 38.3 Å². The number of rotatable bonds is 16. The number of guanidine groups is 1. The molecular formula is C20H39N7O5S. The van der Waals surface area contributed by atoms with Gasteiger partial charge in [0.25, 0.3) is 0 Å². The van der Waals surface area contributed by atoms with Gasteiger partial charge in [-0.15, -0.1) is 0 Å². The van der Waals surface area contributed by atoms with Gasteiger partial charge in [-0.2, -0.15) is 11.8 Å². The van der Waals surface area contributed by atoms with E-state index in [2.05, 4.69) is 20.9 Å². The van der Waals surface area contributed by atoms with Crippen LogP contribution in [0.25, 0.3) is 0 Å². The van der Waals surface area contributed by atoms with Crippen LogP contribution in [0.4, 0.5) is 0 Å². The van der Waals surface area contributed by atoms with Gasteiger partial charge in [-0.3, -0.25) is 19.4 Å². The van der Waals surface area contributed by atoms with Crippen LogP contribution < -0.4 is 33.2 Å². The highest BCUT2D eigenvalue weighted by Crippen LogP contribution is 2.08. The molecule has 0 heterocycles.